The Kier molecular flexibility index (Phi) is 4.69. The molecule has 0 spiro atoms. The van der Waals surface area contributed by atoms with Crippen LogP contribution in [0.25, 0.3) is 11.0 Å². The number of amides is 1. The molecular formula is C19H23N3O2. The van der Waals surface area contributed by atoms with E-state index in [0.717, 1.165) is 35.3 Å². The molecule has 5 heteroatoms. The van der Waals surface area contributed by atoms with Crippen LogP contribution in [0, 0.1) is 6.92 Å². The molecule has 0 fully saturated rings. The number of hydrogen-bond donors (Lipinski definition) is 0. The fourth-order valence-electron chi connectivity index (χ4n) is 2.88. The summed E-state index contributed by atoms with van der Waals surface area (Å²) in [5.41, 5.74) is 2.31. The second kappa shape index (κ2) is 6.91. The van der Waals surface area contributed by atoms with Crippen LogP contribution in [0.1, 0.15) is 41.7 Å². The molecule has 3 rings (SSSR count). The van der Waals surface area contributed by atoms with Gasteiger partial charge in [-0.3, -0.25) is 9.48 Å². The smallest absolute Gasteiger partial charge is 0.272 e. The number of furan rings is 1. The normalized spacial score (nSPS) is 11.1. The van der Waals surface area contributed by atoms with Gasteiger partial charge in [-0.25, -0.2) is 0 Å². The molecule has 2 aromatic heterocycles. The minimum atomic E-state index is -0.00740. The summed E-state index contributed by atoms with van der Waals surface area (Å²) < 4.78 is 7.53. The minimum Gasteiger partial charge on any atom is -0.459 e. The van der Waals surface area contributed by atoms with Gasteiger partial charge in [0.1, 0.15) is 17.0 Å². The molecule has 24 heavy (non-hydrogen) atoms. The third-order valence-corrected chi connectivity index (χ3v) is 4.11. The van der Waals surface area contributed by atoms with Crippen LogP contribution in [0.4, 0.5) is 0 Å². The van der Waals surface area contributed by atoms with Gasteiger partial charge >= 0.3 is 0 Å². The van der Waals surface area contributed by atoms with E-state index in [2.05, 4.69) is 12.0 Å². The van der Waals surface area contributed by atoms with Crippen LogP contribution in [0.2, 0.25) is 0 Å². The van der Waals surface area contributed by atoms with Gasteiger partial charge in [0, 0.05) is 19.0 Å². The van der Waals surface area contributed by atoms with Crippen molar-refractivity contribution >= 4 is 16.9 Å². The van der Waals surface area contributed by atoms with Gasteiger partial charge in [0.2, 0.25) is 0 Å². The van der Waals surface area contributed by atoms with Crippen molar-refractivity contribution in [2.75, 3.05) is 6.54 Å². The number of carbonyl (C=O) groups excluding carboxylic acids is 1. The highest BCUT2D eigenvalue weighted by molar-refractivity contribution is 5.92. The van der Waals surface area contributed by atoms with Gasteiger partial charge in [-0.2, -0.15) is 5.10 Å². The Hall–Kier alpha value is -2.56. The minimum absolute atomic E-state index is 0.00740. The number of carbonyl (C=O) groups is 1. The summed E-state index contributed by atoms with van der Waals surface area (Å²) in [5.74, 6) is 0.798. The van der Waals surface area contributed by atoms with E-state index in [-0.39, 0.29) is 5.91 Å². The molecule has 0 radical (unpaired) electrons. The van der Waals surface area contributed by atoms with Crippen LogP contribution < -0.4 is 0 Å². The highest BCUT2D eigenvalue weighted by Crippen LogP contribution is 2.21. The standard InChI is InChI=1S/C19H23N3O2/c1-4-5-10-22(19(23)17-11-14(2)20-21(17)3)13-16-12-15-8-6-7-9-18(15)24-16/h6-9,11-12H,4-5,10,13H2,1-3H3. The zero-order valence-corrected chi connectivity index (χ0v) is 14.5. The maximum absolute atomic E-state index is 12.9. The largest absolute Gasteiger partial charge is 0.459 e. The Morgan fingerprint density at radius 1 is 1.29 bits per heavy atom. The first-order chi connectivity index (χ1) is 11.6. The molecule has 0 aliphatic rings. The van der Waals surface area contributed by atoms with E-state index in [0.29, 0.717) is 18.8 Å². The van der Waals surface area contributed by atoms with Gasteiger partial charge < -0.3 is 9.32 Å². The molecule has 1 aromatic carbocycles. The molecule has 0 atom stereocenters. The first kappa shape index (κ1) is 16.3. The lowest BCUT2D eigenvalue weighted by Gasteiger charge is -2.21. The number of unbranched alkanes of at least 4 members (excludes halogenated alkanes) is 1. The van der Waals surface area contributed by atoms with Crippen LogP contribution in [-0.2, 0) is 13.6 Å². The Labute approximate surface area is 141 Å². The van der Waals surface area contributed by atoms with Crippen LogP contribution in [0.3, 0.4) is 0 Å². The number of rotatable bonds is 6. The average Bonchev–Trinajstić information content (AvgIpc) is 3.12. The number of aryl methyl sites for hydroxylation is 2. The zero-order chi connectivity index (χ0) is 17.1. The molecule has 0 bridgehead atoms. The van der Waals surface area contributed by atoms with E-state index < -0.39 is 0 Å². The summed E-state index contributed by atoms with van der Waals surface area (Å²) in [4.78, 5) is 14.8. The lowest BCUT2D eigenvalue weighted by atomic mass is 10.2. The quantitative estimate of drug-likeness (QED) is 0.690. The Morgan fingerprint density at radius 3 is 2.75 bits per heavy atom. The molecule has 0 unspecified atom stereocenters. The van der Waals surface area contributed by atoms with E-state index >= 15 is 0 Å². The van der Waals surface area contributed by atoms with E-state index in [1.807, 2.05) is 48.2 Å². The van der Waals surface area contributed by atoms with Crippen molar-refractivity contribution in [1.29, 1.82) is 0 Å². The molecule has 0 saturated heterocycles. The van der Waals surface area contributed by atoms with Crippen molar-refractivity contribution in [3.8, 4) is 0 Å². The molecule has 126 valence electrons. The lowest BCUT2D eigenvalue weighted by molar-refractivity contribution is 0.0718. The summed E-state index contributed by atoms with van der Waals surface area (Å²) >= 11 is 0. The predicted octanol–water partition coefficient (Wildman–Crippen LogP) is 3.92. The molecule has 5 nitrogen and oxygen atoms in total. The van der Waals surface area contributed by atoms with E-state index in [4.69, 9.17) is 4.42 Å². The van der Waals surface area contributed by atoms with Crippen LogP contribution in [-0.4, -0.2) is 27.1 Å². The third kappa shape index (κ3) is 3.35. The number of nitrogens with zero attached hydrogens (tertiary/aromatic N) is 3. The van der Waals surface area contributed by atoms with Crippen molar-refractivity contribution in [3.05, 3.63) is 53.5 Å². The van der Waals surface area contributed by atoms with E-state index in [1.165, 1.54) is 0 Å². The van der Waals surface area contributed by atoms with Gasteiger partial charge in [0.25, 0.3) is 5.91 Å². The average molecular weight is 325 g/mol. The number of aromatic nitrogens is 2. The second-order valence-corrected chi connectivity index (χ2v) is 6.13. The fraction of sp³-hybridized carbons (Fsp3) is 0.368. The molecule has 2 heterocycles. The van der Waals surface area contributed by atoms with Crippen LogP contribution in [0.5, 0.6) is 0 Å². The first-order valence-corrected chi connectivity index (χ1v) is 8.36. The number of benzene rings is 1. The number of para-hydroxylation sites is 1. The topological polar surface area (TPSA) is 51.3 Å². The molecule has 1 amide bonds. The summed E-state index contributed by atoms with van der Waals surface area (Å²) in [7, 11) is 1.80. The van der Waals surface area contributed by atoms with E-state index in [1.54, 1.807) is 11.7 Å². The fourth-order valence-corrected chi connectivity index (χ4v) is 2.88. The summed E-state index contributed by atoms with van der Waals surface area (Å²) in [6.45, 7) is 5.19. The number of hydrogen-bond acceptors (Lipinski definition) is 3. The van der Waals surface area contributed by atoms with Crippen molar-refractivity contribution in [2.24, 2.45) is 7.05 Å². The second-order valence-electron chi connectivity index (χ2n) is 6.13. The molecule has 3 aromatic rings. The zero-order valence-electron chi connectivity index (χ0n) is 14.5. The van der Waals surface area contributed by atoms with Crippen LogP contribution in [0.15, 0.2) is 40.8 Å². The van der Waals surface area contributed by atoms with Gasteiger partial charge in [-0.05, 0) is 31.5 Å². The summed E-state index contributed by atoms with van der Waals surface area (Å²) in [6.07, 6.45) is 2.00. The van der Waals surface area contributed by atoms with Crippen molar-refractivity contribution in [3.63, 3.8) is 0 Å². The Balaban J connectivity index is 1.85. The maximum atomic E-state index is 12.9. The molecule has 0 aliphatic carbocycles. The Morgan fingerprint density at radius 2 is 2.08 bits per heavy atom. The van der Waals surface area contributed by atoms with Crippen LogP contribution >= 0.6 is 0 Å². The first-order valence-electron chi connectivity index (χ1n) is 8.36. The maximum Gasteiger partial charge on any atom is 0.272 e. The van der Waals surface area contributed by atoms with E-state index in [9.17, 15) is 4.79 Å². The molecule has 0 N–H and O–H groups in total. The third-order valence-electron chi connectivity index (χ3n) is 4.11. The molecular weight excluding hydrogens is 302 g/mol. The predicted molar refractivity (Wildman–Crippen MR) is 93.8 cm³/mol. The summed E-state index contributed by atoms with van der Waals surface area (Å²) in [6, 6.07) is 11.7. The Bertz CT molecular complexity index is 814. The van der Waals surface area contributed by atoms with Crippen molar-refractivity contribution in [2.45, 2.75) is 33.2 Å². The SMILES string of the molecule is CCCCN(Cc1cc2ccccc2o1)C(=O)c1cc(C)nn1C. The highest BCUT2D eigenvalue weighted by atomic mass is 16.3. The van der Waals surface area contributed by atoms with Gasteiger partial charge in [0.15, 0.2) is 0 Å². The van der Waals surface area contributed by atoms with Crippen molar-refractivity contribution in [1.82, 2.24) is 14.7 Å². The number of fused-ring (bicyclic) bond motifs is 1. The highest BCUT2D eigenvalue weighted by Gasteiger charge is 2.21. The molecule has 0 aliphatic heterocycles. The summed E-state index contributed by atoms with van der Waals surface area (Å²) in [5, 5.41) is 5.34. The van der Waals surface area contributed by atoms with Crippen molar-refractivity contribution < 1.29 is 9.21 Å². The van der Waals surface area contributed by atoms with Gasteiger partial charge in [-0.1, -0.05) is 31.5 Å². The lowest BCUT2D eigenvalue weighted by Crippen LogP contribution is -2.32. The monoisotopic (exact) mass is 325 g/mol. The van der Waals surface area contributed by atoms with Gasteiger partial charge in [0.05, 0.1) is 12.2 Å². The van der Waals surface area contributed by atoms with Gasteiger partial charge in [-0.15, -0.1) is 0 Å². The molecule has 0 saturated carbocycles.